The van der Waals surface area contributed by atoms with Crippen molar-refractivity contribution in [3.05, 3.63) is 21.9 Å². The molecule has 1 rings (SSSR count). The lowest BCUT2D eigenvalue weighted by atomic mass is 10.2. The third-order valence-corrected chi connectivity index (χ3v) is 2.48. The van der Waals surface area contributed by atoms with Gasteiger partial charge in [-0.1, -0.05) is 0 Å². The van der Waals surface area contributed by atoms with E-state index >= 15 is 0 Å². The number of rotatable bonds is 3. The largest absolute Gasteiger partial charge is 0.495 e. The minimum atomic E-state index is -2.65. The molecule has 0 fully saturated rings. The van der Waals surface area contributed by atoms with Gasteiger partial charge in [-0.3, -0.25) is 4.98 Å². The Kier molecular flexibility index (Phi) is 3.77. The zero-order valence-electron chi connectivity index (χ0n) is 7.30. The van der Waals surface area contributed by atoms with Crippen molar-refractivity contribution in [1.82, 2.24) is 4.98 Å². The zero-order chi connectivity index (χ0) is 10.7. The summed E-state index contributed by atoms with van der Waals surface area (Å²) in [6.45, 7) is -0.333. The predicted octanol–water partition coefficient (Wildman–Crippen LogP) is 2.28. The molecule has 6 heteroatoms. The second-order valence-corrected chi connectivity index (χ2v) is 3.26. The first-order chi connectivity index (χ1) is 6.61. The minimum absolute atomic E-state index is 0.0130. The second-order valence-electron chi connectivity index (χ2n) is 2.47. The van der Waals surface area contributed by atoms with E-state index in [1.54, 1.807) is 0 Å². The Bertz CT molecular complexity index is 333. The molecule has 1 aromatic rings. The van der Waals surface area contributed by atoms with Crippen molar-refractivity contribution in [1.29, 1.82) is 0 Å². The number of aliphatic hydroxyl groups is 1. The average Bonchev–Trinajstić information content (AvgIpc) is 2.17. The van der Waals surface area contributed by atoms with Crippen LogP contribution in [-0.4, -0.2) is 17.2 Å². The van der Waals surface area contributed by atoms with Crippen molar-refractivity contribution in [3.63, 3.8) is 0 Å². The van der Waals surface area contributed by atoms with Gasteiger partial charge in [-0.25, -0.2) is 8.78 Å². The maximum absolute atomic E-state index is 12.4. The van der Waals surface area contributed by atoms with Crippen LogP contribution >= 0.6 is 15.9 Å². The standard InChI is InChI=1S/C8H8BrF2NO2/c1-14-7-4(8(10)11)2-12-5(3-13)6(7)9/h2,8,13H,3H2,1H3. The summed E-state index contributed by atoms with van der Waals surface area (Å²) in [6.07, 6.45) is -1.65. The number of nitrogens with zero attached hydrogens (tertiary/aromatic N) is 1. The van der Waals surface area contributed by atoms with Gasteiger partial charge in [0.25, 0.3) is 6.43 Å². The number of halogens is 3. The molecule has 0 aliphatic heterocycles. The Labute approximate surface area is 87.9 Å². The monoisotopic (exact) mass is 267 g/mol. The normalized spacial score (nSPS) is 10.7. The number of pyridine rings is 1. The molecule has 0 unspecified atom stereocenters. The maximum atomic E-state index is 12.4. The molecule has 0 bridgehead atoms. The Balaban J connectivity index is 3.28. The van der Waals surface area contributed by atoms with E-state index in [1.165, 1.54) is 7.11 Å². The van der Waals surface area contributed by atoms with E-state index in [-0.39, 0.29) is 28.1 Å². The molecule has 0 saturated carbocycles. The lowest BCUT2D eigenvalue weighted by molar-refractivity contribution is 0.146. The number of aromatic nitrogens is 1. The van der Waals surface area contributed by atoms with E-state index in [0.717, 1.165) is 6.20 Å². The van der Waals surface area contributed by atoms with Crippen molar-refractivity contribution in [3.8, 4) is 5.75 Å². The van der Waals surface area contributed by atoms with E-state index in [1.807, 2.05) is 0 Å². The molecule has 0 saturated heterocycles. The molecular formula is C8H8BrF2NO2. The van der Waals surface area contributed by atoms with Gasteiger partial charge < -0.3 is 9.84 Å². The van der Waals surface area contributed by atoms with Crippen LogP contribution < -0.4 is 4.74 Å². The lowest BCUT2D eigenvalue weighted by Crippen LogP contribution is -2.00. The number of methoxy groups -OCH3 is 1. The van der Waals surface area contributed by atoms with Crippen LogP contribution in [0.1, 0.15) is 17.7 Å². The van der Waals surface area contributed by atoms with Crippen LogP contribution in [0, 0.1) is 0 Å². The molecule has 1 heterocycles. The molecular weight excluding hydrogens is 260 g/mol. The van der Waals surface area contributed by atoms with E-state index in [4.69, 9.17) is 9.84 Å². The summed E-state index contributed by atoms with van der Waals surface area (Å²) in [6, 6.07) is 0. The molecule has 3 nitrogen and oxygen atoms in total. The van der Waals surface area contributed by atoms with Crippen molar-refractivity contribution >= 4 is 15.9 Å². The van der Waals surface area contributed by atoms with Gasteiger partial charge in [-0.15, -0.1) is 0 Å². The van der Waals surface area contributed by atoms with Crippen LogP contribution in [0.3, 0.4) is 0 Å². The highest BCUT2D eigenvalue weighted by Crippen LogP contribution is 2.36. The van der Waals surface area contributed by atoms with Gasteiger partial charge in [0.1, 0.15) is 5.75 Å². The Morgan fingerprint density at radius 3 is 2.71 bits per heavy atom. The molecule has 1 aromatic heterocycles. The quantitative estimate of drug-likeness (QED) is 0.914. The third-order valence-electron chi connectivity index (χ3n) is 1.66. The topological polar surface area (TPSA) is 42.4 Å². The summed E-state index contributed by atoms with van der Waals surface area (Å²) in [4.78, 5) is 3.67. The molecule has 0 radical (unpaired) electrons. The van der Waals surface area contributed by atoms with E-state index in [0.29, 0.717) is 0 Å². The van der Waals surface area contributed by atoms with Gasteiger partial charge >= 0.3 is 0 Å². The molecule has 0 aromatic carbocycles. The van der Waals surface area contributed by atoms with Gasteiger partial charge in [-0.05, 0) is 15.9 Å². The third kappa shape index (κ3) is 2.01. The van der Waals surface area contributed by atoms with Gasteiger partial charge in [0.15, 0.2) is 0 Å². The second kappa shape index (κ2) is 4.65. The molecule has 0 aliphatic carbocycles. The average molecular weight is 268 g/mol. The summed E-state index contributed by atoms with van der Waals surface area (Å²) < 4.78 is 29.9. The van der Waals surface area contributed by atoms with Crippen LogP contribution in [0.25, 0.3) is 0 Å². The Morgan fingerprint density at radius 2 is 2.29 bits per heavy atom. The van der Waals surface area contributed by atoms with Crippen LogP contribution in [0.5, 0.6) is 5.75 Å². The SMILES string of the molecule is COc1c(C(F)F)cnc(CO)c1Br. The number of hydrogen-bond donors (Lipinski definition) is 1. The smallest absolute Gasteiger partial charge is 0.268 e. The Morgan fingerprint density at radius 1 is 1.64 bits per heavy atom. The first-order valence-electron chi connectivity index (χ1n) is 3.72. The summed E-state index contributed by atoms with van der Waals surface area (Å²) in [7, 11) is 1.28. The fourth-order valence-electron chi connectivity index (χ4n) is 0.994. The van der Waals surface area contributed by atoms with Crippen LogP contribution in [0.15, 0.2) is 10.7 Å². The molecule has 14 heavy (non-hydrogen) atoms. The first-order valence-corrected chi connectivity index (χ1v) is 4.51. The number of alkyl halides is 2. The maximum Gasteiger partial charge on any atom is 0.268 e. The molecule has 0 aliphatic rings. The lowest BCUT2D eigenvalue weighted by Gasteiger charge is -2.11. The first kappa shape index (κ1) is 11.3. The van der Waals surface area contributed by atoms with Crippen LogP contribution in [-0.2, 0) is 6.61 Å². The van der Waals surface area contributed by atoms with Gasteiger partial charge in [0.05, 0.1) is 29.4 Å². The van der Waals surface area contributed by atoms with Crippen molar-refractivity contribution in [2.24, 2.45) is 0 Å². The van der Waals surface area contributed by atoms with Gasteiger partial charge in [-0.2, -0.15) is 0 Å². The molecule has 0 atom stereocenters. The number of aliphatic hydroxyl groups excluding tert-OH is 1. The van der Waals surface area contributed by atoms with Crippen molar-refractivity contribution in [2.45, 2.75) is 13.0 Å². The van der Waals surface area contributed by atoms with E-state index in [9.17, 15) is 8.78 Å². The fourth-order valence-corrected chi connectivity index (χ4v) is 1.61. The summed E-state index contributed by atoms with van der Waals surface area (Å²) in [5.41, 5.74) is -0.0252. The highest BCUT2D eigenvalue weighted by Gasteiger charge is 2.19. The van der Waals surface area contributed by atoms with Crippen LogP contribution in [0.4, 0.5) is 8.78 Å². The van der Waals surface area contributed by atoms with E-state index < -0.39 is 6.43 Å². The van der Waals surface area contributed by atoms with E-state index in [2.05, 4.69) is 20.9 Å². The summed E-state index contributed by atoms with van der Waals surface area (Å²) >= 11 is 3.04. The molecule has 78 valence electrons. The predicted molar refractivity (Wildman–Crippen MR) is 49.4 cm³/mol. The van der Waals surface area contributed by atoms with Gasteiger partial charge in [0.2, 0.25) is 0 Å². The summed E-state index contributed by atoms with van der Waals surface area (Å²) in [5.74, 6) is 0.0130. The van der Waals surface area contributed by atoms with Gasteiger partial charge in [0, 0.05) is 6.20 Å². The minimum Gasteiger partial charge on any atom is -0.495 e. The fraction of sp³-hybridized carbons (Fsp3) is 0.375. The zero-order valence-corrected chi connectivity index (χ0v) is 8.88. The number of hydrogen-bond acceptors (Lipinski definition) is 3. The highest BCUT2D eigenvalue weighted by molar-refractivity contribution is 9.10. The van der Waals surface area contributed by atoms with Crippen molar-refractivity contribution in [2.75, 3.05) is 7.11 Å². The molecule has 0 spiro atoms. The molecule has 1 N–H and O–H groups in total. The molecule has 0 amide bonds. The van der Waals surface area contributed by atoms with Crippen molar-refractivity contribution < 1.29 is 18.6 Å². The highest BCUT2D eigenvalue weighted by atomic mass is 79.9. The Hall–Kier alpha value is -0.750. The number of ether oxygens (including phenoxy) is 1. The summed E-state index contributed by atoms with van der Waals surface area (Å²) in [5, 5.41) is 8.83. The van der Waals surface area contributed by atoms with Crippen LogP contribution in [0.2, 0.25) is 0 Å².